The van der Waals surface area contributed by atoms with E-state index in [4.69, 9.17) is 9.72 Å². The summed E-state index contributed by atoms with van der Waals surface area (Å²) in [5, 5.41) is 4.64. The van der Waals surface area contributed by atoms with Crippen molar-refractivity contribution in [2.75, 3.05) is 26.7 Å². The van der Waals surface area contributed by atoms with Crippen LogP contribution in [0.25, 0.3) is 0 Å². The second-order valence-electron chi connectivity index (χ2n) is 6.29. The maximum atomic E-state index is 5.83. The molecule has 1 atom stereocenters. The summed E-state index contributed by atoms with van der Waals surface area (Å²) in [6.45, 7) is 12.3. The van der Waals surface area contributed by atoms with Gasteiger partial charge in [0.2, 0.25) is 0 Å². The van der Waals surface area contributed by atoms with Crippen LogP contribution < -0.4 is 5.32 Å². The third kappa shape index (κ3) is 4.24. The van der Waals surface area contributed by atoms with Crippen LogP contribution in [0.1, 0.15) is 42.5 Å². The molecule has 5 heteroatoms. The van der Waals surface area contributed by atoms with Crippen LogP contribution in [0.5, 0.6) is 0 Å². The number of nitrogens with zero attached hydrogens (tertiary/aromatic N) is 2. The zero-order chi connectivity index (χ0) is 14.0. The zero-order valence-electron chi connectivity index (χ0n) is 12.6. The smallest absolute Gasteiger partial charge is 0.123 e. The van der Waals surface area contributed by atoms with Crippen molar-refractivity contribution in [2.24, 2.45) is 0 Å². The number of hydrogen-bond acceptors (Lipinski definition) is 5. The molecule has 1 aromatic heterocycles. The fraction of sp³-hybridized carbons (Fsp3) is 0.786. The van der Waals surface area contributed by atoms with Gasteiger partial charge in [-0.3, -0.25) is 0 Å². The molecule has 0 radical (unpaired) electrons. The van der Waals surface area contributed by atoms with Gasteiger partial charge in [-0.1, -0.05) is 0 Å². The largest absolute Gasteiger partial charge is 0.368 e. The summed E-state index contributed by atoms with van der Waals surface area (Å²) < 4.78 is 5.83. The minimum Gasteiger partial charge on any atom is -0.368 e. The van der Waals surface area contributed by atoms with Crippen LogP contribution >= 0.6 is 11.3 Å². The highest BCUT2D eigenvalue weighted by molar-refractivity contribution is 7.11. The Labute approximate surface area is 120 Å². The lowest BCUT2D eigenvalue weighted by atomic mass is 10.1. The van der Waals surface area contributed by atoms with Gasteiger partial charge in [0.15, 0.2) is 0 Å². The van der Waals surface area contributed by atoms with Crippen molar-refractivity contribution >= 4 is 11.3 Å². The normalized spacial score (nSPS) is 21.8. The number of aryl methyl sites for hydroxylation is 1. The van der Waals surface area contributed by atoms with Gasteiger partial charge in [-0.15, -0.1) is 11.3 Å². The van der Waals surface area contributed by atoms with Gasteiger partial charge in [-0.2, -0.15) is 0 Å². The molecule has 2 rings (SSSR count). The van der Waals surface area contributed by atoms with Gasteiger partial charge in [0.1, 0.15) is 11.1 Å². The SMILES string of the molecule is Cc1nc(C2CN(C)CCO2)sc1CNC(C)(C)C. The molecule has 4 nitrogen and oxygen atoms in total. The Morgan fingerprint density at radius 2 is 2.21 bits per heavy atom. The molecule has 0 spiro atoms. The van der Waals surface area contributed by atoms with Crippen molar-refractivity contribution < 1.29 is 4.74 Å². The first-order valence-corrected chi connectivity index (χ1v) is 7.68. The highest BCUT2D eigenvalue weighted by Crippen LogP contribution is 2.28. The van der Waals surface area contributed by atoms with Crippen molar-refractivity contribution in [3.8, 4) is 0 Å². The van der Waals surface area contributed by atoms with Crippen LogP contribution in [0.15, 0.2) is 0 Å². The van der Waals surface area contributed by atoms with E-state index in [1.807, 2.05) is 0 Å². The summed E-state index contributed by atoms with van der Waals surface area (Å²) in [6.07, 6.45) is 0.144. The van der Waals surface area contributed by atoms with Gasteiger partial charge in [0.25, 0.3) is 0 Å². The quantitative estimate of drug-likeness (QED) is 0.924. The lowest BCUT2D eigenvalue weighted by Crippen LogP contribution is -2.35. The van der Waals surface area contributed by atoms with E-state index in [2.05, 4.69) is 45.0 Å². The highest BCUT2D eigenvalue weighted by Gasteiger charge is 2.23. The molecule has 19 heavy (non-hydrogen) atoms. The summed E-state index contributed by atoms with van der Waals surface area (Å²) in [5.74, 6) is 0. The Hall–Kier alpha value is -0.490. The van der Waals surface area contributed by atoms with E-state index in [-0.39, 0.29) is 11.6 Å². The maximum Gasteiger partial charge on any atom is 0.123 e. The predicted octanol–water partition coefficient (Wildman–Crippen LogP) is 2.34. The van der Waals surface area contributed by atoms with Crippen LogP contribution in [-0.2, 0) is 11.3 Å². The Morgan fingerprint density at radius 3 is 2.84 bits per heavy atom. The van der Waals surface area contributed by atoms with Crippen molar-refractivity contribution in [1.29, 1.82) is 0 Å². The summed E-state index contributed by atoms with van der Waals surface area (Å²) in [6, 6.07) is 0. The summed E-state index contributed by atoms with van der Waals surface area (Å²) >= 11 is 1.78. The fourth-order valence-electron chi connectivity index (χ4n) is 2.02. The second kappa shape index (κ2) is 5.87. The molecule has 1 aromatic rings. The summed E-state index contributed by atoms with van der Waals surface area (Å²) in [5.41, 5.74) is 1.27. The monoisotopic (exact) mass is 283 g/mol. The van der Waals surface area contributed by atoms with E-state index in [9.17, 15) is 0 Å². The number of nitrogens with one attached hydrogen (secondary N) is 1. The van der Waals surface area contributed by atoms with Gasteiger partial charge in [0.05, 0.1) is 12.3 Å². The standard InChI is InChI=1S/C14H25N3OS/c1-10-12(8-15-14(2,3)4)19-13(16-10)11-9-17(5)6-7-18-11/h11,15H,6-9H2,1-5H3. The Balaban J connectivity index is 2.03. The van der Waals surface area contributed by atoms with Gasteiger partial charge < -0.3 is 15.0 Å². The van der Waals surface area contributed by atoms with Crippen LogP contribution in [0.3, 0.4) is 0 Å². The molecule has 2 heterocycles. The van der Waals surface area contributed by atoms with Crippen molar-refractivity contribution in [3.05, 3.63) is 15.6 Å². The Kier molecular flexibility index (Phi) is 4.61. The van der Waals surface area contributed by atoms with Crippen LogP contribution in [-0.4, -0.2) is 42.2 Å². The first-order valence-electron chi connectivity index (χ1n) is 6.86. The average molecular weight is 283 g/mol. The molecule has 1 aliphatic heterocycles. The highest BCUT2D eigenvalue weighted by atomic mass is 32.1. The van der Waals surface area contributed by atoms with Crippen LogP contribution in [0.4, 0.5) is 0 Å². The molecule has 0 aromatic carbocycles. The van der Waals surface area contributed by atoms with Crippen LogP contribution in [0, 0.1) is 6.92 Å². The van der Waals surface area contributed by atoms with E-state index >= 15 is 0 Å². The van der Waals surface area contributed by atoms with E-state index < -0.39 is 0 Å². The van der Waals surface area contributed by atoms with Gasteiger partial charge >= 0.3 is 0 Å². The van der Waals surface area contributed by atoms with Gasteiger partial charge in [0, 0.05) is 30.1 Å². The number of likely N-dealkylation sites (N-methyl/N-ethyl adjacent to an activating group) is 1. The third-order valence-electron chi connectivity index (χ3n) is 3.23. The first kappa shape index (κ1) is 14.9. The lowest BCUT2D eigenvalue weighted by molar-refractivity contribution is -0.0210. The van der Waals surface area contributed by atoms with Crippen molar-refractivity contribution in [3.63, 3.8) is 0 Å². The van der Waals surface area contributed by atoms with Crippen molar-refractivity contribution in [2.45, 2.75) is 45.9 Å². The first-order chi connectivity index (χ1) is 8.85. The maximum absolute atomic E-state index is 5.83. The molecule has 0 amide bonds. The van der Waals surface area contributed by atoms with Crippen LogP contribution in [0.2, 0.25) is 0 Å². The predicted molar refractivity (Wildman–Crippen MR) is 79.6 cm³/mol. The van der Waals surface area contributed by atoms with Crippen molar-refractivity contribution in [1.82, 2.24) is 15.2 Å². The lowest BCUT2D eigenvalue weighted by Gasteiger charge is -2.28. The molecule has 1 unspecified atom stereocenters. The van der Waals surface area contributed by atoms with E-state index in [0.29, 0.717) is 0 Å². The number of thiazole rings is 1. The molecule has 1 saturated heterocycles. The molecule has 108 valence electrons. The fourth-order valence-corrected chi connectivity index (χ4v) is 3.07. The zero-order valence-corrected chi connectivity index (χ0v) is 13.4. The average Bonchev–Trinajstić information content (AvgIpc) is 2.67. The molecular formula is C14H25N3OS. The van der Waals surface area contributed by atoms with E-state index in [1.165, 1.54) is 4.88 Å². The molecule has 0 bridgehead atoms. The third-order valence-corrected chi connectivity index (χ3v) is 4.48. The molecule has 1 fully saturated rings. The minimum atomic E-state index is 0.137. The topological polar surface area (TPSA) is 37.4 Å². The minimum absolute atomic E-state index is 0.137. The number of hydrogen-bond donors (Lipinski definition) is 1. The Morgan fingerprint density at radius 1 is 1.47 bits per heavy atom. The number of rotatable bonds is 3. The Bertz CT molecular complexity index is 425. The molecule has 0 saturated carbocycles. The second-order valence-corrected chi connectivity index (χ2v) is 7.40. The molecular weight excluding hydrogens is 258 g/mol. The summed E-state index contributed by atoms with van der Waals surface area (Å²) in [7, 11) is 2.14. The number of aromatic nitrogens is 1. The van der Waals surface area contributed by atoms with Gasteiger partial charge in [-0.05, 0) is 34.7 Å². The molecule has 1 N–H and O–H groups in total. The number of morpholine rings is 1. The number of ether oxygens (including phenoxy) is 1. The summed E-state index contributed by atoms with van der Waals surface area (Å²) in [4.78, 5) is 8.32. The molecule has 0 aliphatic carbocycles. The van der Waals surface area contributed by atoms with E-state index in [1.54, 1.807) is 11.3 Å². The molecule has 1 aliphatic rings. The van der Waals surface area contributed by atoms with E-state index in [0.717, 1.165) is 36.9 Å². The van der Waals surface area contributed by atoms with Gasteiger partial charge in [-0.25, -0.2) is 4.98 Å².